The maximum atomic E-state index is 13.1. The Hall–Kier alpha value is -2.77. The first-order chi connectivity index (χ1) is 17.8. The molecule has 1 aromatic heterocycles. The second-order valence-electron chi connectivity index (χ2n) is 8.15. The van der Waals surface area contributed by atoms with Crippen LogP contribution in [0.5, 0.6) is 0 Å². The molecule has 0 bridgehead atoms. The molecule has 0 radical (unpaired) electrons. The minimum Gasteiger partial charge on any atom is -0.450 e. The fourth-order valence-corrected chi connectivity index (χ4v) is 6.79. The minimum atomic E-state index is -3.78. The van der Waals surface area contributed by atoms with Gasteiger partial charge < -0.3 is 18.9 Å². The Morgan fingerprint density at radius 2 is 1.78 bits per heavy atom. The molecule has 198 valence electrons. The fourth-order valence-electron chi connectivity index (χ4n) is 3.96. The summed E-state index contributed by atoms with van der Waals surface area (Å²) in [7, 11) is -2.19. The van der Waals surface area contributed by atoms with E-state index >= 15 is 0 Å². The van der Waals surface area contributed by atoms with Gasteiger partial charge in [-0.05, 0) is 43.3 Å². The van der Waals surface area contributed by atoms with Gasteiger partial charge in [0, 0.05) is 45.4 Å². The van der Waals surface area contributed by atoms with Gasteiger partial charge in [-0.1, -0.05) is 29.0 Å². The number of thiazole rings is 1. The molecule has 4 rings (SSSR count). The number of benzene rings is 2. The zero-order valence-electron chi connectivity index (χ0n) is 20.4. The minimum absolute atomic E-state index is 0.0671. The number of rotatable bonds is 7. The first kappa shape index (κ1) is 27.3. The number of hydrogen-bond acceptors (Lipinski definition) is 7. The Balaban J connectivity index is 1.54. The van der Waals surface area contributed by atoms with E-state index in [9.17, 15) is 18.0 Å². The number of halogens is 1. The maximum Gasteiger partial charge on any atom is 0.409 e. The third kappa shape index (κ3) is 5.88. The summed E-state index contributed by atoms with van der Waals surface area (Å²) in [6.45, 7) is 3.67. The molecule has 37 heavy (non-hydrogen) atoms. The monoisotopic (exact) mass is 566 g/mol. The summed E-state index contributed by atoms with van der Waals surface area (Å²) < 4.78 is 40.4. The van der Waals surface area contributed by atoms with Crippen molar-refractivity contribution in [3.05, 3.63) is 57.9 Å². The number of carbonyl (C=O) groups excluding carboxylic acids is 2. The second kappa shape index (κ2) is 11.7. The van der Waals surface area contributed by atoms with Gasteiger partial charge in [-0.15, -0.1) is 0 Å². The molecule has 1 fully saturated rings. The molecule has 1 aliphatic rings. The van der Waals surface area contributed by atoms with E-state index < -0.39 is 22.0 Å². The average molecular weight is 567 g/mol. The van der Waals surface area contributed by atoms with Crippen LogP contribution < -0.4 is 4.80 Å². The van der Waals surface area contributed by atoms with Gasteiger partial charge in [0.05, 0.1) is 33.3 Å². The molecule has 2 heterocycles. The predicted molar refractivity (Wildman–Crippen MR) is 140 cm³/mol. The standard InChI is InChI=1S/C24H27ClN4O6S2/c1-3-35-24(31)27-11-13-28(14-12-27)37(32,33)18-9-7-17(8-10-18)22(30)26-23-29(15-16-34-2)21-19(25)5-4-6-20(21)36-23/h4-10H,3,11-16H2,1-2H3. The second-order valence-corrected chi connectivity index (χ2v) is 11.5. The molecule has 0 atom stereocenters. The van der Waals surface area contributed by atoms with Crippen LogP contribution >= 0.6 is 22.9 Å². The molecule has 13 heteroatoms. The highest BCUT2D eigenvalue weighted by molar-refractivity contribution is 7.89. The van der Waals surface area contributed by atoms with Crippen molar-refractivity contribution in [2.75, 3.05) is 46.5 Å². The van der Waals surface area contributed by atoms with E-state index in [-0.39, 0.29) is 43.2 Å². The van der Waals surface area contributed by atoms with E-state index in [1.807, 2.05) is 16.7 Å². The quantitative estimate of drug-likeness (QED) is 0.434. The van der Waals surface area contributed by atoms with Crippen molar-refractivity contribution in [1.29, 1.82) is 0 Å². The highest BCUT2D eigenvalue weighted by atomic mass is 35.5. The molecule has 0 unspecified atom stereocenters. The molecule has 0 aliphatic carbocycles. The van der Waals surface area contributed by atoms with Gasteiger partial charge in [0.15, 0.2) is 4.80 Å². The zero-order chi connectivity index (χ0) is 26.6. The largest absolute Gasteiger partial charge is 0.450 e. The Labute approximate surface area is 223 Å². The van der Waals surface area contributed by atoms with Crippen molar-refractivity contribution in [3.63, 3.8) is 0 Å². The van der Waals surface area contributed by atoms with Crippen LogP contribution in [-0.2, 0) is 26.0 Å². The number of hydrogen-bond donors (Lipinski definition) is 0. The van der Waals surface area contributed by atoms with Crippen LogP contribution in [0.15, 0.2) is 52.4 Å². The number of aromatic nitrogens is 1. The van der Waals surface area contributed by atoms with Crippen molar-refractivity contribution in [1.82, 2.24) is 13.8 Å². The molecular weight excluding hydrogens is 540 g/mol. The summed E-state index contributed by atoms with van der Waals surface area (Å²) in [5, 5.41) is 0.552. The summed E-state index contributed by atoms with van der Waals surface area (Å²) in [4.78, 5) is 31.2. The van der Waals surface area contributed by atoms with E-state index in [4.69, 9.17) is 21.1 Å². The number of nitrogens with zero attached hydrogens (tertiary/aromatic N) is 4. The van der Waals surface area contributed by atoms with Crippen molar-refractivity contribution < 1.29 is 27.5 Å². The van der Waals surface area contributed by atoms with Crippen molar-refractivity contribution in [2.24, 2.45) is 4.99 Å². The van der Waals surface area contributed by atoms with Crippen molar-refractivity contribution >= 4 is 55.2 Å². The van der Waals surface area contributed by atoms with Crippen molar-refractivity contribution in [2.45, 2.75) is 18.4 Å². The van der Waals surface area contributed by atoms with Gasteiger partial charge >= 0.3 is 6.09 Å². The number of ether oxygens (including phenoxy) is 2. The Bertz CT molecular complexity index is 1460. The van der Waals surface area contributed by atoms with Crippen LogP contribution in [0.2, 0.25) is 5.02 Å². The Morgan fingerprint density at radius 3 is 2.43 bits per heavy atom. The fraction of sp³-hybridized carbons (Fsp3) is 0.375. The molecule has 1 aliphatic heterocycles. The van der Waals surface area contributed by atoms with Crippen molar-refractivity contribution in [3.8, 4) is 0 Å². The van der Waals surface area contributed by atoms with Crippen LogP contribution in [-0.4, -0.2) is 80.7 Å². The smallest absolute Gasteiger partial charge is 0.409 e. The SMILES string of the molecule is CCOC(=O)N1CCN(S(=O)(=O)c2ccc(C(=O)N=c3sc4cccc(Cl)c4n3CCOC)cc2)CC1. The van der Waals surface area contributed by atoms with Gasteiger partial charge in [0.1, 0.15) is 0 Å². The Kier molecular flexibility index (Phi) is 8.65. The lowest BCUT2D eigenvalue weighted by atomic mass is 10.2. The summed E-state index contributed by atoms with van der Waals surface area (Å²) in [5.74, 6) is -0.499. The third-order valence-electron chi connectivity index (χ3n) is 5.87. The molecule has 2 aromatic carbocycles. The van der Waals surface area contributed by atoms with Gasteiger partial charge in [0.2, 0.25) is 10.0 Å². The number of para-hydroxylation sites is 1. The van der Waals surface area contributed by atoms with E-state index in [0.717, 1.165) is 10.2 Å². The molecular formula is C24H27ClN4O6S2. The summed E-state index contributed by atoms with van der Waals surface area (Å²) in [5.41, 5.74) is 1.04. The first-order valence-corrected chi connectivity index (χ1v) is 14.3. The lowest BCUT2D eigenvalue weighted by Gasteiger charge is -2.33. The maximum absolute atomic E-state index is 13.1. The highest BCUT2D eigenvalue weighted by Gasteiger charge is 2.30. The van der Waals surface area contributed by atoms with E-state index in [2.05, 4.69) is 4.99 Å². The van der Waals surface area contributed by atoms with E-state index in [1.165, 1.54) is 44.8 Å². The molecule has 2 amide bonds. The average Bonchev–Trinajstić information content (AvgIpc) is 3.25. The van der Waals surface area contributed by atoms with E-state index in [1.54, 1.807) is 20.1 Å². The number of methoxy groups -OCH3 is 1. The molecule has 0 spiro atoms. The van der Waals surface area contributed by atoms with Crippen LogP contribution in [0.25, 0.3) is 10.2 Å². The Morgan fingerprint density at radius 1 is 1.08 bits per heavy atom. The number of amides is 2. The lowest BCUT2D eigenvalue weighted by Crippen LogP contribution is -2.50. The molecule has 1 saturated heterocycles. The first-order valence-electron chi connectivity index (χ1n) is 11.6. The van der Waals surface area contributed by atoms with E-state index in [0.29, 0.717) is 23.0 Å². The van der Waals surface area contributed by atoms with Gasteiger partial charge in [-0.2, -0.15) is 9.30 Å². The highest BCUT2D eigenvalue weighted by Crippen LogP contribution is 2.25. The zero-order valence-corrected chi connectivity index (χ0v) is 22.8. The van der Waals surface area contributed by atoms with Crippen LogP contribution in [0.1, 0.15) is 17.3 Å². The number of fused-ring (bicyclic) bond motifs is 1. The summed E-state index contributed by atoms with van der Waals surface area (Å²) in [6.07, 6.45) is -0.449. The number of sulfonamides is 1. The molecule has 3 aromatic rings. The molecule has 0 saturated carbocycles. The topological polar surface area (TPSA) is 111 Å². The normalized spacial score (nSPS) is 15.3. The predicted octanol–water partition coefficient (Wildman–Crippen LogP) is 3.21. The molecule has 0 N–H and O–H groups in total. The van der Waals surface area contributed by atoms with Crippen LogP contribution in [0.4, 0.5) is 4.79 Å². The van der Waals surface area contributed by atoms with Gasteiger partial charge in [0.25, 0.3) is 5.91 Å². The number of piperazine rings is 1. The van der Waals surface area contributed by atoms with Crippen LogP contribution in [0.3, 0.4) is 0 Å². The summed E-state index contributed by atoms with van der Waals surface area (Å²) in [6, 6.07) is 11.2. The van der Waals surface area contributed by atoms with Gasteiger partial charge in [-0.3, -0.25) is 4.79 Å². The molecule has 10 nitrogen and oxygen atoms in total. The summed E-state index contributed by atoms with van der Waals surface area (Å²) >= 11 is 7.74. The third-order valence-corrected chi connectivity index (χ3v) is 9.13. The van der Waals surface area contributed by atoms with Gasteiger partial charge in [-0.25, -0.2) is 13.2 Å². The number of carbonyl (C=O) groups is 2. The van der Waals surface area contributed by atoms with Crippen LogP contribution in [0, 0.1) is 0 Å². The lowest BCUT2D eigenvalue weighted by molar-refractivity contribution is 0.0933.